The number of aliphatic imine (C=N–C) groups is 1. The predicted molar refractivity (Wildman–Crippen MR) is 146 cm³/mol. The molecular weight excluding hydrogens is 470 g/mol. The second kappa shape index (κ2) is 10.6. The second-order valence-electron chi connectivity index (χ2n) is 8.85. The van der Waals surface area contributed by atoms with Crippen LogP contribution < -0.4 is 15.8 Å². The number of nitrogens with two attached hydrogens (primary N) is 1. The molecule has 0 saturated heterocycles. The van der Waals surface area contributed by atoms with Gasteiger partial charge in [0.2, 0.25) is 0 Å². The predicted octanol–water partition coefficient (Wildman–Crippen LogP) is 4.97. The molecule has 0 unspecified atom stereocenters. The van der Waals surface area contributed by atoms with Gasteiger partial charge in [0, 0.05) is 61.0 Å². The summed E-state index contributed by atoms with van der Waals surface area (Å²) in [5.41, 5.74) is 11.2. The van der Waals surface area contributed by atoms with Crippen LogP contribution in [0.25, 0.3) is 27.7 Å². The molecule has 10 heteroatoms. The number of aromatic nitrogens is 4. The first-order valence-electron chi connectivity index (χ1n) is 11.8. The molecule has 37 heavy (non-hydrogen) atoms. The Kier molecular flexibility index (Phi) is 7.28. The molecule has 0 atom stereocenters. The van der Waals surface area contributed by atoms with Crippen LogP contribution >= 0.6 is 0 Å². The number of carbonyl (C=O) groups is 1. The van der Waals surface area contributed by atoms with Gasteiger partial charge >= 0.3 is 6.09 Å². The van der Waals surface area contributed by atoms with Crippen LogP contribution in [-0.2, 0) is 11.8 Å². The van der Waals surface area contributed by atoms with E-state index in [2.05, 4.69) is 20.4 Å². The highest BCUT2D eigenvalue weighted by atomic mass is 16.6. The van der Waals surface area contributed by atoms with Crippen LogP contribution in [-0.4, -0.2) is 51.9 Å². The van der Waals surface area contributed by atoms with E-state index < -0.39 is 6.09 Å². The lowest BCUT2D eigenvalue weighted by atomic mass is 10.0. The van der Waals surface area contributed by atoms with Crippen molar-refractivity contribution < 1.29 is 14.3 Å². The van der Waals surface area contributed by atoms with E-state index in [9.17, 15) is 4.79 Å². The Morgan fingerprint density at radius 3 is 2.62 bits per heavy atom. The molecule has 4 rings (SSSR count). The molecule has 0 aliphatic carbocycles. The van der Waals surface area contributed by atoms with E-state index in [0.717, 1.165) is 22.1 Å². The SMILES string of the molecule is CN=CC(=C(C)N)c1ccc(Nc2cc3c(cn2)cc(-c2cnn(C)c2)n3C(=O)OC(C)C)c(OC)c1. The summed E-state index contributed by atoms with van der Waals surface area (Å²) in [5, 5.41) is 8.34. The molecule has 0 spiro atoms. The molecule has 1 aromatic carbocycles. The van der Waals surface area contributed by atoms with Crippen LogP contribution in [0.2, 0.25) is 0 Å². The third kappa shape index (κ3) is 5.32. The summed E-state index contributed by atoms with van der Waals surface area (Å²) in [6, 6.07) is 9.42. The molecule has 0 bridgehead atoms. The lowest BCUT2D eigenvalue weighted by Gasteiger charge is -2.14. The van der Waals surface area contributed by atoms with Gasteiger partial charge in [-0.2, -0.15) is 5.10 Å². The zero-order valence-corrected chi connectivity index (χ0v) is 21.8. The third-order valence-corrected chi connectivity index (χ3v) is 5.66. The summed E-state index contributed by atoms with van der Waals surface area (Å²) < 4.78 is 14.4. The van der Waals surface area contributed by atoms with E-state index >= 15 is 0 Å². The maximum absolute atomic E-state index is 13.1. The monoisotopic (exact) mass is 501 g/mol. The zero-order valence-electron chi connectivity index (χ0n) is 21.8. The fourth-order valence-electron chi connectivity index (χ4n) is 4.02. The van der Waals surface area contributed by atoms with E-state index in [1.165, 1.54) is 0 Å². The second-order valence-corrected chi connectivity index (χ2v) is 8.85. The lowest BCUT2D eigenvalue weighted by Crippen LogP contribution is -2.18. The minimum absolute atomic E-state index is 0.275. The zero-order chi connectivity index (χ0) is 26.7. The molecule has 3 aromatic heterocycles. The van der Waals surface area contributed by atoms with Gasteiger partial charge in [0.25, 0.3) is 0 Å². The van der Waals surface area contributed by atoms with Crippen molar-refractivity contribution in [2.75, 3.05) is 19.5 Å². The molecular formula is C27H31N7O3. The molecule has 10 nitrogen and oxygen atoms in total. The van der Waals surface area contributed by atoms with Crippen molar-refractivity contribution in [2.24, 2.45) is 17.8 Å². The Labute approximate surface area is 215 Å². The van der Waals surface area contributed by atoms with Crippen molar-refractivity contribution in [1.29, 1.82) is 0 Å². The standard InChI is InChI=1S/C27H31N7O3/c1-16(2)37-27(35)34-23(20-13-31-33(5)15-20)9-19-12-30-26(11-24(19)34)32-22-8-7-18(10-25(22)36-6)21(14-29-4)17(3)28/h7-16H,28H2,1-6H3,(H,30,32). The Hall–Kier alpha value is -4.60. The van der Waals surface area contributed by atoms with Crippen molar-refractivity contribution in [1.82, 2.24) is 19.3 Å². The number of ether oxygens (including phenoxy) is 2. The molecule has 192 valence electrons. The molecule has 4 aromatic rings. The van der Waals surface area contributed by atoms with Crippen molar-refractivity contribution in [3.05, 3.63) is 60.2 Å². The molecule has 0 fully saturated rings. The van der Waals surface area contributed by atoms with Crippen LogP contribution in [0.4, 0.5) is 16.3 Å². The van der Waals surface area contributed by atoms with Crippen molar-refractivity contribution in [2.45, 2.75) is 26.9 Å². The van der Waals surface area contributed by atoms with Crippen molar-refractivity contribution in [3.63, 3.8) is 0 Å². The molecule has 3 heterocycles. The molecule has 0 aliphatic heterocycles. The number of benzene rings is 1. The number of methoxy groups -OCH3 is 1. The number of hydrogen-bond donors (Lipinski definition) is 2. The first-order chi connectivity index (χ1) is 17.7. The number of anilines is 2. The largest absolute Gasteiger partial charge is 0.495 e. The minimum atomic E-state index is -0.475. The number of nitrogens with zero attached hydrogens (tertiary/aromatic N) is 5. The normalized spacial score (nSPS) is 12.3. The van der Waals surface area contributed by atoms with Crippen LogP contribution in [0.1, 0.15) is 26.3 Å². The summed E-state index contributed by atoms with van der Waals surface area (Å²) in [7, 11) is 5.12. The average molecular weight is 502 g/mol. The van der Waals surface area contributed by atoms with E-state index in [-0.39, 0.29) is 6.10 Å². The van der Waals surface area contributed by atoms with Crippen molar-refractivity contribution in [3.8, 4) is 17.0 Å². The topological polar surface area (TPSA) is 122 Å². The van der Waals surface area contributed by atoms with Crippen LogP contribution in [0.15, 0.2) is 59.6 Å². The van der Waals surface area contributed by atoms with Gasteiger partial charge in [-0.15, -0.1) is 0 Å². The summed E-state index contributed by atoms with van der Waals surface area (Å²) >= 11 is 0. The number of fused-ring (bicyclic) bond motifs is 1. The highest BCUT2D eigenvalue weighted by Crippen LogP contribution is 2.33. The first kappa shape index (κ1) is 25.5. The van der Waals surface area contributed by atoms with E-state index in [0.29, 0.717) is 34.2 Å². The quantitative estimate of drug-likeness (QED) is 0.343. The third-order valence-electron chi connectivity index (χ3n) is 5.66. The van der Waals surface area contributed by atoms with Gasteiger partial charge in [-0.1, -0.05) is 6.07 Å². The van der Waals surface area contributed by atoms with Gasteiger partial charge < -0.3 is 20.5 Å². The van der Waals surface area contributed by atoms with Crippen LogP contribution in [0.3, 0.4) is 0 Å². The summed E-state index contributed by atoms with van der Waals surface area (Å²) in [4.78, 5) is 21.8. The summed E-state index contributed by atoms with van der Waals surface area (Å²) in [5.74, 6) is 1.14. The number of hydrogen-bond acceptors (Lipinski definition) is 8. The Balaban J connectivity index is 1.77. The number of carbonyl (C=O) groups excluding carboxylic acids is 1. The van der Waals surface area contributed by atoms with E-state index in [1.54, 1.807) is 42.0 Å². The summed E-state index contributed by atoms with van der Waals surface area (Å²) in [6.07, 6.45) is 6.24. The minimum Gasteiger partial charge on any atom is -0.495 e. The van der Waals surface area contributed by atoms with E-state index in [1.807, 2.05) is 64.3 Å². The van der Waals surface area contributed by atoms with E-state index in [4.69, 9.17) is 15.2 Å². The Morgan fingerprint density at radius 1 is 1.22 bits per heavy atom. The molecule has 0 amide bonds. The molecule has 0 radical (unpaired) electrons. The van der Waals surface area contributed by atoms with Gasteiger partial charge in [0.15, 0.2) is 0 Å². The fourth-order valence-corrected chi connectivity index (χ4v) is 4.02. The number of aryl methyl sites for hydroxylation is 1. The number of allylic oxidation sites excluding steroid dienone is 2. The van der Waals surface area contributed by atoms with Gasteiger partial charge in [0.05, 0.1) is 36.3 Å². The maximum atomic E-state index is 13.1. The first-order valence-corrected chi connectivity index (χ1v) is 11.8. The number of nitrogens with one attached hydrogen (secondary N) is 1. The number of rotatable bonds is 7. The van der Waals surface area contributed by atoms with Gasteiger partial charge in [0.1, 0.15) is 11.6 Å². The molecule has 0 saturated carbocycles. The van der Waals surface area contributed by atoms with Crippen molar-refractivity contribution >= 4 is 40.3 Å². The van der Waals surface area contributed by atoms with Gasteiger partial charge in [-0.05, 0) is 44.5 Å². The number of pyridine rings is 1. The maximum Gasteiger partial charge on any atom is 0.419 e. The molecule has 0 aliphatic rings. The fraction of sp³-hybridized carbons (Fsp3) is 0.259. The highest BCUT2D eigenvalue weighted by molar-refractivity contribution is 6.11. The Morgan fingerprint density at radius 2 is 2.00 bits per heavy atom. The highest BCUT2D eigenvalue weighted by Gasteiger charge is 2.21. The van der Waals surface area contributed by atoms with Gasteiger partial charge in [-0.3, -0.25) is 9.67 Å². The summed E-state index contributed by atoms with van der Waals surface area (Å²) in [6.45, 7) is 5.46. The van der Waals surface area contributed by atoms with Crippen LogP contribution in [0.5, 0.6) is 5.75 Å². The average Bonchev–Trinajstić information content (AvgIpc) is 3.45. The molecule has 3 N–H and O–H groups in total. The lowest BCUT2D eigenvalue weighted by molar-refractivity contribution is 0.118. The van der Waals surface area contributed by atoms with Gasteiger partial charge in [-0.25, -0.2) is 14.3 Å². The smallest absolute Gasteiger partial charge is 0.419 e. The van der Waals surface area contributed by atoms with Crippen LogP contribution in [0, 0.1) is 0 Å². The Bertz CT molecular complexity index is 1510.